The van der Waals surface area contributed by atoms with E-state index in [0.29, 0.717) is 12.2 Å². The number of phenolic OH excluding ortho intramolecular Hbond substituents is 1. The van der Waals surface area contributed by atoms with Crippen molar-refractivity contribution in [2.75, 3.05) is 14.2 Å². The number of methoxy groups -OCH3 is 2. The Kier molecular flexibility index (Phi) is 4.13. The fourth-order valence-electron chi connectivity index (χ4n) is 1.35. The number of aromatic hydroxyl groups is 1. The second-order valence-electron chi connectivity index (χ2n) is 3.34. The molecule has 0 aliphatic heterocycles. The van der Waals surface area contributed by atoms with Crippen LogP contribution in [0.4, 0.5) is 0 Å². The minimum atomic E-state index is -0.724. The maximum atomic E-state index is 11.1. The predicted molar refractivity (Wildman–Crippen MR) is 58.4 cm³/mol. The van der Waals surface area contributed by atoms with Gasteiger partial charge in [0.2, 0.25) is 0 Å². The number of hydrogen-bond acceptors (Lipinski definition) is 5. The van der Waals surface area contributed by atoms with Gasteiger partial charge in [-0.25, -0.2) is 0 Å². The molecule has 0 radical (unpaired) electrons. The van der Waals surface area contributed by atoms with Crippen molar-refractivity contribution < 1.29 is 19.4 Å². The highest BCUT2D eigenvalue weighted by molar-refractivity contribution is 5.75. The van der Waals surface area contributed by atoms with Crippen molar-refractivity contribution in [1.82, 2.24) is 0 Å². The smallest absolute Gasteiger partial charge is 0.322 e. The summed E-state index contributed by atoms with van der Waals surface area (Å²) in [7, 11) is 2.75. The topological polar surface area (TPSA) is 81.8 Å². The van der Waals surface area contributed by atoms with Gasteiger partial charge in [-0.3, -0.25) is 4.79 Å². The Labute approximate surface area is 93.8 Å². The van der Waals surface area contributed by atoms with E-state index in [-0.39, 0.29) is 5.75 Å². The van der Waals surface area contributed by atoms with Gasteiger partial charge in [0.05, 0.1) is 14.2 Å². The summed E-state index contributed by atoms with van der Waals surface area (Å²) in [6.07, 6.45) is 0.310. The zero-order valence-corrected chi connectivity index (χ0v) is 9.27. The van der Waals surface area contributed by atoms with Gasteiger partial charge in [0.1, 0.15) is 6.04 Å². The fraction of sp³-hybridized carbons (Fsp3) is 0.364. The summed E-state index contributed by atoms with van der Waals surface area (Å²) in [6, 6.07) is 4.15. The van der Waals surface area contributed by atoms with Gasteiger partial charge in [-0.1, -0.05) is 6.07 Å². The van der Waals surface area contributed by atoms with Crippen molar-refractivity contribution in [3.63, 3.8) is 0 Å². The first-order valence-corrected chi connectivity index (χ1v) is 4.77. The lowest BCUT2D eigenvalue weighted by Crippen LogP contribution is -2.33. The van der Waals surface area contributed by atoms with Crippen LogP contribution in [0.3, 0.4) is 0 Å². The number of hydrogen-bond donors (Lipinski definition) is 2. The van der Waals surface area contributed by atoms with Gasteiger partial charge >= 0.3 is 5.97 Å². The summed E-state index contributed by atoms with van der Waals surface area (Å²) in [5.74, 6) is -0.0669. The molecule has 5 nitrogen and oxygen atoms in total. The number of esters is 1. The summed E-state index contributed by atoms with van der Waals surface area (Å²) >= 11 is 0. The summed E-state index contributed by atoms with van der Waals surface area (Å²) < 4.78 is 9.41. The second-order valence-corrected chi connectivity index (χ2v) is 3.34. The first kappa shape index (κ1) is 12.3. The van der Waals surface area contributed by atoms with Crippen molar-refractivity contribution in [2.24, 2.45) is 5.73 Å². The van der Waals surface area contributed by atoms with Gasteiger partial charge in [-0.2, -0.15) is 0 Å². The van der Waals surface area contributed by atoms with Gasteiger partial charge in [-0.05, 0) is 24.1 Å². The Morgan fingerprint density at radius 2 is 2.19 bits per heavy atom. The lowest BCUT2D eigenvalue weighted by Gasteiger charge is -2.10. The molecule has 0 fully saturated rings. The highest BCUT2D eigenvalue weighted by Gasteiger charge is 2.15. The lowest BCUT2D eigenvalue weighted by molar-refractivity contribution is -0.142. The Morgan fingerprint density at radius 3 is 2.69 bits per heavy atom. The highest BCUT2D eigenvalue weighted by atomic mass is 16.5. The summed E-state index contributed by atoms with van der Waals surface area (Å²) in [6.45, 7) is 0. The van der Waals surface area contributed by atoms with E-state index in [0.717, 1.165) is 5.56 Å². The van der Waals surface area contributed by atoms with Crippen LogP contribution in [0.1, 0.15) is 5.56 Å². The van der Waals surface area contributed by atoms with Crippen molar-refractivity contribution >= 4 is 5.97 Å². The number of nitrogens with two attached hydrogens (primary N) is 1. The number of carbonyl (C=O) groups is 1. The van der Waals surface area contributed by atoms with E-state index in [9.17, 15) is 9.90 Å². The van der Waals surface area contributed by atoms with E-state index in [4.69, 9.17) is 10.5 Å². The monoisotopic (exact) mass is 225 g/mol. The number of benzene rings is 1. The maximum Gasteiger partial charge on any atom is 0.322 e. The average Bonchev–Trinajstić information content (AvgIpc) is 2.28. The zero-order chi connectivity index (χ0) is 12.1. The van der Waals surface area contributed by atoms with E-state index >= 15 is 0 Å². The number of ether oxygens (including phenoxy) is 2. The average molecular weight is 225 g/mol. The van der Waals surface area contributed by atoms with Crippen LogP contribution < -0.4 is 10.5 Å². The van der Waals surface area contributed by atoms with Crippen molar-refractivity contribution in [3.8, 4) is 11.5 Å². The van der Waals surface area contributed by atoms with Crippen molar-refractivity contribution in [2.45, 2.75) is 12.5 Å². The van der Waals surface area contributed by atoms with Gasteiger partial charge in [0.25, 0.3) is 0 Å². The summed E-state index contributed by atoms with van der Waals surface area (Å²) in [4.78, 5) is 11.1. The Morgan fingerprint density at radius 1 is 1.50 bits per heavy atom. The Hall–Kier alpha value is -1.75. The molecule has 0 bridgehead atoms. The molecular formula is C11H15NO4. The minimum absolute atomic E-state index is 0.0251. The van der Waals surface area contributed by atoms with E-state index in [1.165, 1.54) is 20.3 Å². The zero-order valence-electron chi connectivity index (χ0n) is 9.27. The van der Waals surface area contributed by atoms with Crippen LogP contribution in [-0.4, -0.2) is 31.3 Å². The molecule has 1 aromatic carbocycles. The van der Waals surface area contributed by atoms with Gasteiger partial charge in [-0.15, -0.1) is 0 Å². The summed E-state index contributed by atoms with van der Waals surface area (Å²) in [5, 5.41) is 9.52. The molecule has 0 aliphatic rings. The molecule has 88 valence electrons. The van der Waals surface area contributed by atoms with E-state index in [2.05, 4.69) is 4.74 Å². The minimum Gasteiger partial charge on any atom is -0.504 e. The fourth-order valence-corrected chi connectivity index (χ4v) is 1.35. The van der Waals surface area contributed by atoms with Crippen LogP contribution in [-0.2, 0) is 16.0 Å². The largest absolute Gasteiger partial charge is 0.504 e. The SMILES string of the molecule is COC(=O)[C@@H](N)Cc1ccc(OC)c(O)c1. The Balaban J connectivity index is 2.75. The molecule has 0 saturated carbocycles. The maximum absolute atomic E-state index is 11.1. The van der Waals surface area contributed by atoms with E-state index in [1.807, 2.05) is 0 Å². The third kappa shape index (κ3) is 2.87. The van der Waals surface area contributed by atoms with Crippen LogP contribution in [0, 0.1) is 0 Å². The van der Waals surface area contributed by atoms with Crippen LogP contribution in [0.25, 0.3) is 0 Å². The van der Waals surface area contributed by atoms with Crippen LogP contribution in [0.2, 0.25) is 0 Å². The lowest BCUT2D eigenvalue weighted by atomic mass is 10.1. The molecule has 3 N–H and O–H groups in total. The van der Waals surface area contributed by atoms with Gasteiger partial charge in [0.15, 0.2) is 11.5 Å². The van der Waals surface area contributed by atoms with Crippen molar-refractivity contribution in [1.29, 1.82) is 0 Å². The standard InChI is InChI=1S/C11H15NO4/c1-15-10-4-3-7(6-9(10)13)5-8(12)11(14)16-2/h3-4,6,8,13H,5,12H2,1-2H3/t8-/m0/s1. The molecular weight excluding hydrogens is 210 g/mol. The molecule has 5 heteroatoms. The quantitative estimate of drug-likeness (QED) is 0.727. The molecule has 0 heterocycles. The Bertz CT molecular complexity index is 378. The number of phenols is 1. The summed E-state index contributed by atoms with van der Waals surface area (Å²) in [5.41, 5.74) is 6.34. The third-order valence-electron chi connectivity index (χ3n) is 2.20. The molecule has 0 saturated heterocycles. The van der Waals surface area contributed by atoms with Crippen LogP contribution in [0.5, 0.6) is 11.5 Å². The molecule has 0 spiro atoms. The molecule has 0 unspecified atom stereocenters. The second kappa shape index (κ2) is 5.37. The van der Waals surface area contributed by atoms with Gasteiger partial charge in [0, 0.05) is 0 Å². The normalized spacial score (nSPS) is 11.9. The molecule has 0 amide bonds. The molecule has 1 aromatic rings. The van der Waals surface area contributed by atoms with Gasteiger partial charge < -0.3 is 20.3 Å². The molecule has 0 aromatic heterocycles. The van der Waals surface area contributed by atoms with Crippen molar-refractivity contribution in [3.05, 3.63) is 23.8 Å². The molecule has 0 aliphatic carbocycles. The third-order valence-corrected chi connectivity index (χ3v) is 2.20. The highest BCUT2D eigenvalue weighted by Crippen LogP contribution is 2.26. The van der Waals surface area contributed by atoms with Crippen LogP contribution in [0.15, 0.2) is 18.2 Å². The molecule has 1 atom stereocenters. The van der Waals surface area contributed by atoms with E-state index in [1.54, 1.807) is 12.1 Å². The number of carbonyl (C=O) groups excluding carboxylic acids is 1. The molecule has 16 heavy (non-hydrogen) atoms. The van der Waals surface area contributed by atoms with Crippen LogP contribution >= 0.6 is 0 Å². The molecule has 1 rings (SSSR count). The number of rotatable bonds is 4. The van der Waals surface area contributed by atoms with E-state index < -0.39 is 12.0 Å². The first-order valence-electron chi connectivity index (χ1n) is 4.77. The first-order chi connectivity index (χ1) is 7.58. The predicted octanol–water partition coefficient (Wildman–Crippen LogP) is 0.444.